The highest BCUT2D eigenvalue weighted by atomic mass is 35.5. The summed E-state index contributed by atoms with van der Waals surface area (Å²) in [4.78, 5) is 11.6. The molecule has 3 heterocycles. The summed E-state index contributed by atoms with van der Waals surface area (Å²) in [5, 5.41) is 4.86. The van der Waals surface area contributed by atoms with Crippen LogP contribution in [0, 0.1) is 6.92 Å². The molecule has 0 fully saturated rings. The van der Waals surface area contributed by atoms with Crippen LogP contribution in [0.15, 0.2) is 36.8 Å². The van der Waals surface area contributed by atoms with Gasteiger partial charge in [0.15, 0.2) is 5.82 Å². The van der Waals surface area contributed by atoms with Crippen molar-refractivity contribution in [3.63, 3.8) is 0 Å². The number of aromatic nitrogens is 3. The number of H-pyrrole nitrogens is 1. The van der Waals surface area contributed by atoms with E-state index < -0.39 is 0 Å². The maximum atomic E-state index is 5.75. The highest BCUT2D eigenvalue weighted by Crippen LogP contribution is 2.25. The molecule has 0 unspecified atom stereocenters. The monoisotopic (exact) mass is 258 g/mol. The van der Waals surface area contributed by atoms with E-state index in [0.717, 1.165) is 28.0 Å². The van der Waals surface area contributed by atoms with Crippen LogP contribution in [0.2, 0.25) is 5.15 Å². The average molecular weight is 259 g/mol. The van der Waals surface area contributed by atoms with E-state index in [0.29, 0.717) is 5.15 Å². The first kappa shape index (κ1) is 11.0. The molecule has 0 saturated heterocycles. The van der Waals surface area contributed by atoms with Crippen molar-refractivity contribution in [2.45, 2.75) is 6.92 Å². The van der Waals surface area contributed by atoms with Crippen LogP contribution >= 0.6 is 11.6 Å². The van der Waals surface area contributed by atoms with Gasteiger partial charge >= 0.3 is 0 Å². The molecule has 3 aromatic heterocycles. The lowest BCUT2D eigenvalue weighted by atomic mass is 10.2. The average Bonchev–Trinajstić information content (AvgIpc) is 2.86. The molecule has 0 amide bonds. The topological polar surface area (TPSA) is 53.6 Å². The van der Waals surface area contributed by atoms with Gasteiger partial charge in [0, 0.05) is 17.8 Å². The number of anilines is 2. The van der Waals surface area contributed by atoms with Crippen molar-refractivity contribution in [1.82, 2.24) is 15.0 Å². The second-order valence-electron chi connectivity index (χ2n) is 4.05. The highest BCUT2D eigenvalue weighted by Gasteiger charge is 2.06. The van der Waals surface area contributed by atoms with Gasteiger partial charge in [-0.15, -0.1) is 0 Å². The van der Waals surface area contributed by atoms with Gasteiger partial charge in [0.05, 0.1) is 17.4 Å². The first-order chi connectivity index (χ1) is 8.74. The van der Waals surface area contributed by atoms with Gasteiger partial charge in [-0.3, -0.25) is 0 Å². The Kier molecular flexibility index (Phi) is 2.64. The smallest absolute Gasteiger partial charge is 0.154 e. The van der Waals surface area contributed by atoms with Crippen LogP contribution in [-0.4, -0.2) is 15.0 Å². The van der Waals surface area contributed by atoms with Crippen molar-refractivity contribution < 1.29 is 0 Å². The molecule has 2 N–H and O–H groups in total. The number of hydrogen-bond donors (Lipinski definition) is 2. The lowest BCUT2D eigenvalue weighted by Crippen LogP contribution is -1.96. The van der Waals surface area contributed by atoms with E-state index in [1.165, 1.54) is 0 Å². The number of aromatic amines is 1. The van der Waals surface area contributed by atoms with Crippen molar-refractivity contribution in [1.29, 1.82) is 0 Å². The third-order valence-electron chi connectivity index (χ3n) is 2.79. The van der Waals surface area contributed by atoms with Crippen LogP contribution < -0.4 is 5.32 Å². The normalized spacial score (nSPS) is 10.8. The van der Waals surface area contributed by atoms with Gasteiger partial charge in [-0.1, -0.05) is 11.6 Å². The van der Waals surface area contributed by atoms with Gasteiger partial charge in [0.25, 0.3) is 0 Å². The molecule has 0 bridgehead atoms. The number of fused-ring (bicyclic) bond motifs is 1. The minimum absolute atomic E-state index is 0.474. The van der Waals surface area contributed by atoms with Crippen LogP contribution in [0.1, 0.15) is 5.56 Å². The molecule has 3 rings (SSSR count). The Morgan fingerprint density at radius 3 is 2.83 bits per heavy atom. The number of aryl methyl sites for hydroxylation is 1. The van der Waals surface area contributed by atoms with E-state index in [1.54, 1.807) is 12.3 Å². The third kappa shape index (κ3) is 1.91. The van der Waals surface area contributed by atoms with Crippen molar-refractivity contribution in [2.75, 3.05) is 5.32 Å². The molecule has 0 aliphatic heterocycles. The summed E-state index contributed by atoms with van der Waals surface area (Å²) >= 11 is 5.75. The molecule has 4 nitrogen and oxygen atoms in total. The van der Waals surface area contributed by atoms with Gasteiger partial charge in [-0.25, -0.2) is 9.97 Å². The van der Waals surface area contributed by atoms with E-state index in [4.69, 9.17) is 11.6 Å². The molecular formula is C13H11ClN4. The lowest BCUT2D eigenvalue weighted by Gasteiger charge is -2.07. The summed E-state index contributed by atoms with van der Waals surface area (Å²) in [5.41, 5.74) is 2.99. The molecule has 0 saturated carbocycles. The maximum absolute atomic E-state index is 5.75. The minimum atomic E-state index is 0.474. The van der Waals surface area contributed by atoms with E-state index >= 15 is 0 Å². The largest absolute Gasteiger partial charge is 0.358 e. The van der Waals surface area contributed by atoms with Gasteiger partial charge in [-0.05, 0) is 30.7 Å². The van der Waals surface area contributed by atoms with Crippen molar-refractivity contribution in [3.8, 4) is 0 Å². The van der Waals surface area contributed by atoms with Crippen LogP contribution in [0.25, 0.3) is 10.9 Å². The second kappa shape index (κ2) is 4.31. The second-order valence-corrected chi connectivity index (χ2v) is 4.44. The fraction of sp³-hybridized carbons (Fsp3) is 0.0769. The standard InChI is InChI=1S/C13H11ClN4/c1-8-6-17-13(12-10(8)4-5-15-12)18-9-2-3-11(14)16-7-9/h2-7,15H,1H3,(H,17,18). The molecular weight excluding hydrogens is 248 g/mol. The zero-order valence-corrected chi connectivity index (χ0v) is 10.5. The van der Waals surface area contributed by atoms with Gasteiger partial charge in [0.1, 0.15) is 5.15 Å². The fourth-order valence-corrected chi connectivity index (χ4v) is 1.98. The highest BCUT2D eigenvalue weighted by molar-refractivity contribution is 6.29. The van der Waals surface area contributed by atoms with Crippen LogP contribution in [0.5, 0.6) is 0 Å². The van der Waals surface area contributed by atoms with Crippen molar-refractivity contribution in [3.05, 3.63) is 47.5 Å². The predicted octanol–water partition coefficient (Wildman–Crippen LogP) is 3.66. The van der Waals surface area contributed by atoms with Crippen LogP contribution in [-0.2, 0) is 0 Å². The molecule has 0 atom stereocenters. The SMILES string of the molecule is Cc1cnc(Nc2ccc(Cl)nc2)c2[nH]ccc12. The number of nitrogens with one attached hydrogen (secondary N) is 2. The molecule has 18 heavy (non-hydrogen) atoms. The Morgan fingerprint density at radius 2 is 2.06 bits per heavy atom. The number of rotatable bonds is 2. The van der Waals surface area contributed by atoms with E-state index in [1.807, 2.05) is 31.5 Å². The van der Waals surface area contributed by atoms with E-state index in [-0.39, 0.29) is 0 Å². The summed E-state index contributed by atoms with van der Waals surface area (Å²) in [7, 11) is 0. The lowest BCUT2D eigenvalue weighted by molar-refractivity contribution is 1.26. The van der Waals surface area contributed by atoms with Gasteiger partial charge < -0.3 is 10.3 Å². The Hall–Kier alpha value is -2.07. The Bertz CT molecular complexity index is 688. The zero-order valence-electron chi connectivity index (χ0n) is 9.74. The molecule has 0 aliphatic carbocycles. The quantitative estimate of drug-likeness (QED) is 0.690. The Morgan fingerprint density at radius 1 is 1.17 bits per heavy atom. The summed E-state index contributed by atoms with van der Waals surface area (Å²) < 4.78 is 0. The van der Waals surface area contributed by atoms with Crippen LogP contribution in [0.4, 0.5) is 11.5 Å². The first-order valence-electron chi connectivity index (χ1n) is 5.55. The van der Waals surface area contributed by atoms with Gasteiger partial charge in [-0.2, -0.15) is 0 Å². The van der Waals surface area contributed by atoms with Crippen molar-refractivity contribution in [2.24, 2.45) is 0 Å². The number of pyridine rings is 2. The van der Waals surface area contributed by atoms with E-state index in [2.05, 4.69) is 20.3 Å². The molecule has 0 radical (unpaired) electrons. The molecule has 3 aromatic rings. The van der Waals surface area contributed by atoms with Crippen LogP contribution in [0.3, 0.4) is 0 Å². The molecule has 5 heteroatoms. The molecule has 0 spiro atoms. The number of hydrogen-bond acceptors (Lipinski definition) is 3. The number of nitrogens with zero attached hydrogens (tertiary/aromatic N) is 2. The summed E-state index contributed by atoms with van der Waals surface area (Å²) in [6.45, 7) is 2.04. The van der Waals surface area contributed by atoms with Crippen molar-refractivity contribution >= 4 is 34.0 Å². The third-order valence-corrected chi connectivity index (χ3v) is 3.01. The summed E-state index contributed by atoms with van der Waals surface area (Å²) in [6.07, 6.45) is 5.44. The summed E-state index contributed by atoms with van der Waals surface area (Å²) in [5.74, 6) is 0.782. The first-order valence-corrected chi connectivity index (χ1v) is 5.93. The van der Waals surface area contributed by atoms with E-state index in [9.17, 15) is 0 Å². The number of halogens is 1. The fourth-order valence-electron chi connectivity index (χ4n) is 1.87. The zero-order chi connectivity index (χ0) is 12.5. The molecule has 0 aromatic carbocycles. The Balaban J connectivity index is 2.02. The van der Waals surface area contributed by atoms with Gasteiger partial charge in [0.2, 0.25) is 0 Å². The molecule has 0 aliphatic rings. The molecule has 90 valence electrons. The minimum Gasteiger partial charge on any atom is -0.358 e. The maximum Gasteiger partial charge on any atom is 0.154 e. The summed E-state index contributed by atoms with van der Waals surface area (Å²) in [6, 6.07) is 5.65. The Labute approximate surface area is 109 Å². The predicted molar refractivity (Wildman–Crippen MR) is 73.4 cm³/mol.